The Morgan fingerprint density at radius 1 is 1.53 bits per heavy atom. The summed E-state index contributed by atoms with van der Waals surface area (Å²) in [5.74, 6) is -0.610. The van der Waals surface area contributed by atoms with E-state index in [9.17, 15) is 9.59 Å². The molecular formula is C12H22N2O4S. The molecule has 19 heavy (non-hydrogen) atoms. The summed E-state index contributed by atoms with van der Waals surface area (Å²) in [6.45, 7) is 6.82. The van der Waals surface area contributed by atoms with Crippen LogP contribution in [0.4, 0.5) is 0 Å². The molecule has 0 spiro atoms. The average molecular weight is 290 g/mol. The number of carbonyl (C=O) groups excluding carboxylic acids is 1. The number of ether oxygens (including phenoxy) is 1. The van der Waals surface area contributed by atoms with Crippen molar-refractivity contribution < 1.29 is 19.4 Å². The highest BCUT2D eigenvalue weighted by molar-refractivity contribution is 8.00. The van der Waals surface area contributed by atoms with E-state index in [1.165, 1.54) is 11.8 Å². The molecule has 3 N–H and O–H groups in total. The lowest BCUT2D eigenvalue weighted by Crippen LogP contribution is -2.54. The van der Waals surface area contributed by atoms with Crippen molar-refractivity contribution >= 4 is 23.6 Å². The zero-order chi connectivity index (χ0) is 14.5. The highest BCUT2D eigenvalue weighted by Crippen LogP contribution is 2.16. The highest BCUT2D eigenvalue weighted by atomic mass is 32.2. The van der Waals surface area contributed by atoms with Gasteiger partial charge in [0.15, 0.2) is 0 Å². The molecule has 0 bridgehead atoms. The molecule has 1 saturated heterocycles. The maximum absolute atomic E-state index is 12.0. The smallest absolute Gasteiger partial charge is 0.319 e. The molecule has 1 amide bonds. The van der Waals surface area contributed by atoms with E-state index < -0.39 is 17.3 Å². The van der Waals surface area contributed by atoms with E-state index in [1.54, 1.807) is 0 Å². The SMILES string of the molecule is CC(C)(C)NC1CSC(C(=O)O)COCCNC1=O. The highest BCUT2D eigenvalue weighted by Gasteiger charge is 2.27. The first-order valence-electron chi connectivity index (χ1n) is 6.27. The van der Waals surface area contributed by atoms with Gasteiger partial charge in [0.2, 0.25) is 5.91 Å². The summed E-state index contributed by atoms with van der Waals surface area (Å²) in [5.41, 5.74) is -0.206. The fraction of sp³-hybridized carbons (Fsp3) is 0.833. The van der Waals surface area contributed by atoms with Crippen molar-refractivity contribution in [3.05, 3.63) is 0 Å². The molecule has 0 saturated carbocycles. The van der Waals surface area contributed by atoms with Crippen LogP contribution >= 0.6 is 11.8 Å². The molecule has 0 aromatic heterocycles. The number of nitrogens with one attached hydrogen (secondary N) is 2. The van der Waals surface area contributed by atoms with E-state index in [1.807, 2.05) is 20.8 Å². The van der Waals surface area contributed by atoms with Crippen LogP contribution in [0.1, 0.15) is 20.8 Å². The normalized spacial score (nSPS) is 26.6. The summed E-state index contributed by atoms with van der Waals surface area (Å²) in [6.07, 6.45) is 0. The number of thioether (sulfide) groups is 1. The third kappa shape index (κ3) is 6.26. The summed E-state index contributed by atoms with van der Waals surface area (Å²) in [4.78, 5) is 23.1. The van der Waals surface area contributed by atoms with Crippen molar-refractivity contribution in [3.63, 3.8) is 0 Å². The van der Waals surface area contributed by atoms with E-state index >= 15 is 0 Å². The van der Waals surface area contributed by atoms with E-state index in [0.717, 1.165) is 0 Å². The molecule has 1 aliphatic heterocycles. The van der Waals surface area contributed by atoms with Gasteiger partial charge in [0.25, 0.3) is 0 Å². The minimum atomic E-state index is -0.902. The molecule has 0 radical (unpaired) electrons. The summed E-state index contributed by atoms with van der Waals surface area (Å²) in [5, 5.41) is 14.4. The largest absolute Gasteiger partial charge is 0.480 e. The maximum Gasteiger partial charge on any atom is 0.319 e. The van der Waals surface area contributed by atoms with Gasteiger partial charge in [-0.1, -0.05) is 0 Å². The van der Waals surface area contributed by atoms with Gasteiger partial charge in [-0.25, -0.2) is 0 Å². The van der Waals surface area contributed by atoms with E-state index in [4.69, 9.17) is 9.84 Å². The number of amides is 1. The first-order chi connectivity index (χ1) is 8.79. The summed E-state index contributed by atoms with van der Waals surface area (Å²) < 4.78 is 5.23. The molecule has 1 fully saturated rings. The second-order valence-corrected chi connectivity index (χ2v) is 6.71. The molecule has 6 nitrogen and oxygen atoms in total. The van der Waals surface area contributed by atoms with Gasteiger partial charge >= 0.3 is 5.97 Å². The molecule has 2 unspecified atom stereocenters. The molecule has 0 aromatic carbocycles. The third-order valence-corrected chi connectivity index (χ3v) is 3.74. The van der Waals surface area contributed by atoms with E-state index in [2.05, 4.69) is 10.6 Å². The molecule has 110 valence electrons. The predicted octanol–water partition coefficient (Wildman–Crippen LogP) is 0.0759. The van der Waals surface area contributed by atoms with Gasteiger partial charge in [0.1, 0.15) is 5.25 Å². The lowest BCUT2D eigenvalue weighted by atomic mass is 10.1. The Bertz CT molecular complexity index is 330. The van der Waals surface area contributed by atoms with Gasteiger partial charge < -0.3 is 20.5 Å². The molecule has 1 rings (SSSR count). The fourth-order valence-corrected chi connectivity index (χ4v) is 2.66. The Hall–Kier alpha value is -0.790. The Labute approximate surface area is 117 Å². The standard InChI is InChI=1S/C12H22N2O4S/c1-12(2,3)14-8-7-19-9(11(16)17)6-18-5-4-13-10(8)15/h8-9,14H,4-7H2,1-3H3,(H,13,15)(H,16,17). The number of rotatable bonds is 2. The van der Waals surface area contributed by atoms with Gasteiger partial charge in [-0.2, -0.15) is 0 Å². The van der Waals surface area contributed by atoms with Crippen LogP contribution in [-0.4, -0.2) is 59.3 Å². The second kappa shape index (κ2) is 7.12. The van der Waals surface area contributed by atoms with Crippen molar-refractivity contribution in [2.24, 2.45) is 0 Å². The number of carbonyl (C=O) groups is 2. The Balaban J connectivity index is 2.69. The van der Waals surface area contributed by atoms with Crippen LogP contribution in [0.2, 0.25) is 0 Å². The van der Waals surface area contributed by atoms with Gasteiger partial charge in [-0.3, -0.25) is 9.59 Å². The van der Waals surface area contributed by atoms with Gasteiger partial charge in [0.05, 0.1) is 19.3 Å². The lowest BCUT2D eigenvalue weighted by Gasteiger charge is -2.29. The van der Waals surface area contributed by atoms with Gasteiger partial charge in [-0.15, -0.1) is 11.8 Å². The van der Waals surface area contributed by atoms with Crippen molar-refractivity contribution in [1.29, 1.82) is 0 Å². The zero-order valence-electron chi connectivity index (χ0n) is 11.6. The summed E-state index contributed by atoms with van der Waals surface area (Å²) in [7, 11) is 0. The first kappa shape index (κ1) is 16.3. The number of hydrogen-bond acceptors (Lipinski definition) is 5. The third-order valence-electron chi connectivity index (χ3n) is 2.48. The van der Waals surface area contributed by atoms with Crippen molar-refractivity contribution in [2.45, 2.75) is 37.6 Å². The van der Waals surface area contributed by atoms with Crippen molar-refractivity contribution in [3.8, 4) is 0 Å². The van der Waals surface area contributed by atoms with Gasteiger partial charge in [0, 0.05) is 17.8 Å². The van der Waals surface area contributed by atoms with Crippen molar-refractivity contribution in [2.75, 3.05) is 25.5 Å². The van der Waals surface area contributed by atoms with Crippen LogP contribution in [0.3, 0.4) is 0 Å². The molecule has 2 atom stereocenters. The van der Waals surface area contributed by atoms with Crippen LogP contribution < -0.4 is 10.6 Å². The number of carboxylic acids is 1. The first-order valence-corrected chi connectivity index (χ1v) is 7.32. The fourth-order valence-electron chi connectivity index (χ4n) is 1.67. The Morgan fingerprint density at radius 2 is 2.21 bits per heavy atom. The molecule has 1 aliphatic rings. The number of aliphatic carboxylic acids is 1. The van der Waals surface area contributed by atoms with E-state index in [0.29, 0.717) is 18.9 Å². The second-order valence-electron chi connectivity index (χ2n) is 5.47. The predicted molar refractivity (Wildman–Crippen MR) is 74.4 cm³/mol. The van der Waals surface area contributed by atoms with E-state index in [-0.39, 0.29) is 18.1 Å². The number of carboxylic acid groups (broad SMARTS) is 1. The minimum Gasteiger partial charge on any atom is -0.480 e. The maximum atomic E-state index is 12.0. The Morgan fingerprint density at radius 3 is 2.79 bits per heavy atom. The van der Waals surface area contributed by atoms with Crippen LogP contribution in [0, 0.1) is 0 Å². The van der Waals surface area contributed by atoms with Gasteiger partial charge in [-0.05, 0) is 20.8 Å². The van der Waals surface area contributed by atoms with Crippen LogP contribution in [0.25, 0.3) is 0 Å². The molecular weight excluding hydrogens is 268 g/mol. The Kier molecular flexibility index (Phi) is 6.09. The average Bonchev–Trinajstić information content (AvgIpc) is 2.28. The molecule has 7 heteroatoms. The molecule has 1 heterocycles. The number of hydrogen-bond donors (Lipinski definition) is 3. The topological polar surface area (TPSA) is 87.7 Å². The summed E-state index contributed by atoms with van der Waals surface area (Å²) in [6, 6.07) is -0.398. The lowest BCUT2D eigenvalue weighted by molar-refractivity contribution is -0.137. The summed E-state index contributed by atoms with van der Waals surface area (Å²) >= 11 is 1.23. The van der Waals surface area contributed by atoms with Crippen molar-refractivity contribution in [1.82, 2.24) is 10.6 Å². The monoisotopic (exact) mass is 290 g/mol. The minimum absolute atomic E-state index is 0.114. The zero-order valence-corrected chi connectivity index (χ0v) is 12.4. The quantitative estimate of drug-likeness (QED) is 0.667. The van der Waals surface area contributed by atoms with Crippen LogP contribution in [0.5, 0.6) is 0 Å². The molecule has 0 aromatic rings. The molecule has 0 aliphatic carbocycles. The van der Waals surface area contributed by atoms with Crippen LogP contribution in [0.15, 0.2) is 0 Å². The van der Waals surface area contributed by atoms with Crippen LogP contribution in [-0.2, 0) is 14.3 Å².